The smallest absolute Gasteiger partial charge is 0.330 e. The van der Waals surface area contributed by atoms with E-state index in [2.05, 4.69) is 13.2 Å². The third kappa shape index (κ3) is 5.41. The molecule has 92 valence electrons. The summed E-state index contributed by atoms with van der Waals surface area (Å²) in [7, 11) is 1.52. The van der Waals surface area contributed by atoms with Crippen molar-refractivity contribution in [3.8, 4) is 11.5 Å². The predicted octanol–water partition coefficient (Wildman–Crippen LogP) is 2.69. The van der Waals surface area contributed by atoms with Gasteiger partial charge in [0.1, 0.15) is 0 Å². The lowest BCUT2D eigenvalue weighted by atomic mass is 10.2. The molecular formula is C13H16O4. The van der Waals surface area contributed by atoms with Gasteiger partial charge in [0.05, 0.1) is 7.11 Å². The van der Waals surface area contributed by atoms with E-state index < -0.39 is 5.97 Å². The fourth-order valence-electron chi connectivity index (χ4n) is 0.834. The van der Waals surface area contributed by atoms with Gasteiger partial charge in [-0.3, -0.25) is 0 Å². The van der Waals surface area contributed by atoms with Crippen molar-refractivity contribution in [1.82, 2.24) is 0 Å². The lowest BCUT2D eigenvalue weighted by Gasteiger charge is -2.02. The number of carboxylic acids is 1. The Morgan fingerprint density at radius 2 is 2.00 bits per heavy atom. The maximum atomic E-state index is 9.60. The summed E-state index contributed by atoms with van der Waals surface area (Å²) in [5.74, 6) is -0.310. The summed E-state index contributed by atoms with van der Waals surface area (Å²) in [6.45, 7) is 8.18. The van der Waals surface area contributed by atoms with Crippen LogP contribution in [0.15, 0.2) is 36.9 Å². The Labute approximate surface area is 100 Å². The molecule has 1 rings (SSSR count). The van der Waals surface area contributed by atoms with Crippen LogP contribution in [-0.4, -0.2) is 23.3 Å². The highest BCUT2D eigenvalue weighted by Gasteiger charge is 1.98. The highest BCUT2D eigenvalue weighted by atomic mass is 16.5. The molecule has 4 heteroatoms. The van der Waals surface area contributed by atoms with Gasteiger partial charge in [-0.1, -0.05) is 25.3 Å². The second-order valence-electron chi connectivity index (χ2n) is 3.22. The molecular weight excluding hydrogens is 220 g/mol. The molecule has 0 heterocycles. The first-order valence-corrected chi connectivity index (χ1v) is 4.80. The largest absolute Gasteiger partial charge is 0.504 e. The predicted molar refractivity (Wildman–Crippen MR) is 67.2 cm³/mol. The second kappa shape index (κ2) is 7.11. The van der Waals surface area contributed by atoms with Gasteiger partial charge in [0, 0.05) is 5.57 Å². The molecule has 0 unspecified atom stereocenters. The van der Waals surface area contributed by atoms with E-state index in [0.29, 0.717) is 5.75 Å². The maximum absolute atomic E-state index is 9.60. The summed E-state index contributed by atoms with van der Waals surface area (Å²) in [5.41, 5.74) is 1.05. The number of benzene rings is 1. The molecule has 0 aromatic heterocycles. The van der Waals surface area contributed by atoms with E-state index in [9.17, 15) is 9.90 Å². The van der Waals surface area contributed by atoms with Gasteiger partial charge in [0.25, 0.3) is 0 Å². The Hall–Kier alpha value is -2.23. The summed E-state index contributed by atoms with van der Waals surface area (Å²) in [6.07, 6.45) is 1.67. The molecule has 0 aliphatic carbocycles. The summed E-state index contributed by atoms with van der Waals surface area (Å²) in [4.78, 5) is 9.60. The zero-order chi connectivity index (χ0) is 13.4. The van der Waals surface area contributed by atoms with E-state index >= 15 is 0 Å². The van der Waals surface area contributed by atoms with Crippen LogP contribution in [0.5, 0.6) is 11.5 Å². The van der Waals surface area contributed by atoms with Gasteiger partial charge in [0.2, 0.25) is 0 Å². The van der Waals surface area contributed by atoms with Gasteiger partial charge in [-0.25, -0.2) is 4.79 Å². The third-order valence-corrected chi connectivity index (χ3v) is 1.80. The van der Waals surface area contributed by atoms with Gasteiger partial charge in [-0.15, -0.1) is 0 Å². The third-order valence-electron chi connectivity index (χ3n) is 1.80. The van der Waals surface area contributed by atoms with Crippen LogP contribution < -0.4 is 4.74 Å². The van der Waals surface area contributed by atoms with Crippen molar-refractivity contribution < 1.29 is 19.7 Å². The Morgan fingerprint density at radius 1 is 1.47 bits per heavy atom. The number of methoxy groups -OCH3 is 1. The molecule has 0 saturated carbocycles. The van der Waals surface area contributed by atoms with Gasteiger partial charge in [-0.2, -0.15) is 0 Å². The van der Waals surface area contributed by atoms with Crippen molar-refractivity contribution in [2.75, 3.05) is 7.11 Å². The number of carbonyl (C=O) groups is 1. The van der Waals surface area contributed by atoms with E-state index in [0.717, 1.165) is 5.56 Å². The Bertz CT molecular complexity index is 409. The summed E-state index contributed by atoms with van der Waals surface area (Å²) >= 11 is 0. The van der Waals surface area contributed by atoms with Crippen LogP contribution in [0, 0.1) is 0 Å². The number of phenolic OH excluding ortho intramolecular Hbond substituents is 1. The normalized spacial score (nSPS) is 8.59. The molecule has 0 fully saturated rings. The molecule has 4 nitrogen and oxygen atoms in total. The topological polar surface area (TPSA) is 66.8 Å². The van der Waals surface area contributed by atoms with Crippen molar-refractivity contribution in [2.45, 2.75) is 6.92 Å². The molecule has 0 radical (unpaired) electrons. The molecule has 0 spiro atoms. The minimum absolute atomic E-state index is 0.143. The second-order valence-corrected chi connectivity index (χ2v) is 3.22. The summed E-state index contributed by atoms with van der Waals surface area (Å²) in [5, 5.41) is 17.1. The molecule has 0 atom stereocenters. The molecule has 1 aromatic rings. The van der Waals surface area contributed by atoms with Gasteiger partial charge < -0.3 is 14.9 Å². The fourth-order valence-corrected chi connectivity index (χ4v) is 0.834. The van der Waals surface area contributed by atoms with Crippen LogP contribution in [0.25, 0.3) is 6.08 Å². The Morgan fingerprint density at radius 3 is 2.29 bits per heavy atom. The average molecular weight is 236 g/mol. The first-order valence-electron chi connectivity index (χ1n) is 4.80. The molecule has 0 aliphatic rings. The SMILES string of the molecule is C=C(C)C(=O)O.C=Cc1ccc(OC)c(O)c1. The summed E-state index contributed by atoms with van der Waals surface area (Å²) < 4.78 is 4.86. The first-order chi connectivity index (χ1) is 7.92. The molecule has 1 aromatic carbocycles. The zero-order valence-electron chi connectivity index (χ0n) is 9.93. The molecule has 0 bridgehead atoms. The number of hydrogen-bond donors (Lipinski definition) is 2. The fraction of sp³-hybridized carbons (Fsp3) is 0.154. The van der Waals surface area contributed by atoms with E-state index in [1.165, 1.54) is 14.0 Å². The van der Waals surface area contributed by atoms with Crippen molar-refractivity contribution in [3.63, 3.8) is 0 Å². The maximum Gasteiger partial charge on any atom is 0.330 e. The standard InChI is InChI=1S/C9H10O2.C4H6O2/c1-3-7-4-5-9(11-2)8(10)6-7;1-3(2)4(5)6/h3-6,10H,1H2,2H3;1H2,2H3,(H,5,6). The van der Waals surface area contributed by atoms with Gasteiger partial charge in [0.15, 0.2) is 11.5 Å². The number of ether oxygens (including phenoxy) is 1. The molecule has 0 amide bonds. The van der Waals surface area contributed by atoms with Crippen molar-refractivity contribution in [1.29, 1.82) is 0 Å². The van der Waals surface area contributed by atoms with Crippen LogP contribution in [-0.2, 0) is 4.79 Å². The number of aromatic hydroxyl groups is 1. The number of phenols is 1. The number of hydrogen-bond acceptors (Lipinski definition) is 3. The van der Waals surface area contributed by atoms with E-state index in [1.54, 1.807) is 18.2 Å². The number of aliphatic carboxylic acids is 1. The zero-order valence-corrected chi connectivity index (χ0v) is 9.93. The molecule has 2 N–H and O–H groups in total. The van der Waals surface area contributed by atoms with Crippen LogP contribution >= 0.6 is 0 Å². The lowest BCUT2D eigenvalue weighted by Crippen LogP contribution is -1.92. The highest BCUT2D eigenvalue weighted by Crippen LogP contribution is 2.26. The minimum atomic E-state index is -0.935. The van der Waals surface area contributed by atoms with Crippen LogP contribution in [0.3, 0.4) is 0 Å². The van der Waals surface area contributed by atoms with Gasteiger partial charge >= 0.3 is 5.97 Å². The van der Waals surface area contributed by atoms with Crippen molar-refractivity contribution >= 4 is 12.0 Å². The number of carboxylic acid groups (broad SMARTS) is 1. The Balaban J connectivity index is 0.000000366. The van der Waals surface area contributed by atoms with Crippen molar-refractivity contribution in [2.24, 2.45) is 0 Å². The monoisotopic (exact) mass is 236 g/mol. The van der Waals surface area contributed by atoms with Crippen LogP contribution in [0.1, 0.15) is 12.5 Å². The van der Waals surface area contributed by atoms with Crippen molar-refractivity contribution in [3.05, 3.63) is 42.5 Å². The highest BCUT2D eigenvalue weighted by molar-refractivity contribution is 5.84. The van der Waals surface area contributed by atoms with E-state index in [1.807, 2.05) is 6.07 Å². The first kappa shape index (κ1) is 14.8. The number of rotatable bonds is 3. The quantitative estimate of drug-likeness (QED) is 0.792. The van der Waals surface area contributed by atoms with Crippen LogP contribution in [0.2, 0.25) is 0 Å². The molecule has 0 saturated heterocycles. The Kier molecular flexibility index (Phi) is 6.18. The molecule has 17 heavy (non-hydrogen) atoms. The van der Waals surface area contributed by atoms with Gasteiger partial charge in [-0.05, 0) is 24.6 Å². The van der Waals surface area contributed by atoms with Crippen LogP contribution in [0.4, 0.5) is 0 Å². The van der Waals surface area contributed by atoms with E-state index in [-0.39, 0.29) is 11.3 Å². The average Bonchev–Trinajstić information content (AvgIpc) is 2.29. The minimum Gasteiger partial charge on any atom is -0.504 e. The molecule has 0 aliphatic heterocycles. The lowest BCUT2D eigenvalue weighted by molar-refractivity contribution is -0.132. The van der Waals surface area contributed by atoms with E-state index in [4.69, 9.17) is 9.84 Å². The summed E-state index contributed by atoms with van der Waals surface area (Å²) in [6, 6.07) is 5.13.